The van der Waals surface area contributed by atoms with Gasteiger partial charge in [-0.25, -0.2) is 0 Å². The van der Waals surface area contributed by atoms with Gasteiger partial charge in [-0.05, 0) is 52.3 Å². The van der Waals surface area contributed by atoms with Crippen LogP contribution in [-0.4, -0.2) is 50.0 Å². The summed E-state index contributed by atoms with van der Waals surface area (Å²) < 4.78 is 17.2. The second-order valence-electron chi connectivity index (χ2n) is 5.95. The average molecular weight is 307 g/mol. The minimum atomic E-state index is 0.345. The van der Waals surface area contributed by atoms with Gasteiger partial charge in [0.15, 0.2) is 11.5 Å². The molecule has 2 atom stereocenters. The SMILES string of the molecule is CCOc1ccccc1OCCCCN1C[C@@H](C)O[C@H](C)C1. The Kier molecular flexibility index (Phi) is 7.00. The smallest absolute Gasteiger partial charge is 0.161 e. The van der Waals surface area contributed by atoms with Gasteiger partial charge in [0.1, 0.15) is 0 Å². The van der Waals surface area contributed by atoms with Gasteiger partial charge in [-0.2, -0.15) is 0 Å². The highest BCUT2D eigenvalue weighted by atomic mass is 16.5. The van der Waals surface area contributed by atoms with Crippen molar-refractivity contribution in [3.05, 3.63) is 24.3 Å². The summed E-state index contributed by atoms with van der Waals surface area (Å²) in [6, 6.07) is 7.87. The van der Waals surface area contributed by atoms with Crippen LogP contribution in [0, 0.1) is 0 Å². The zero-order valence-electron chi connectivity index (χ0n) is 14.1. The number of hydrogen-bond acceptors (Lipinski definition) is 4. The van der Waals surface area contributed by atoms with Gasteiger partial charge in [-0.1, -0.05) is 12.1 Å². The molecule has 1 aromatic carbocycles. The molecule has 1 aromatic rings. The molecule has 1 aliphatic rings. The molecule has 1 aliphatic heterocycles. The fourth-order valence-corrected chi connectivity index (χ4v) is 2.93. The molecule has 4 nitrogen and oxygen atoms in total. The van der Waals surface area contributed by atoms with Crippen LogP contribution in [0.25, 0.3) is 0 Å². The molecule has 22 heavy (non-hydrogen) atoms. The Labute approximate surface area is 134 Å². The first-order valence-corrected chi connectivity index (χ1v) is 8.41. The number of para-hydroxylation sites is 2. The van der Waals surface area contributed by atoms with Gasteiger partial charge in [0.05, 0.1) is 25.4 Å². The van der Waals surface area contributed by atoms with Crippen LogP contribution in [0.1, 0.15) is 33.6 Å². The predicted octanol–water partition coefficient (Wildman–Crippen LogP) is 3.35. The molecule has 0 spiro atoms. The van der Waals surface area contributed by atoms with E-state index in [1.54, 1.807) is 0 Å². The van der Waals surface area contributed by atoms with E-state index >= 15 is 0 Å². The van der Waals surface area contributed by atoms with Crippen molar-refractivity contribution in [2.45, 2.75) is 45.8 Å². The van der Waals surface area contributed by atoms with Crippen LogP contribution in [0.5, 0.6) is 11.5 Å². The first kappa shape index (κ1) is 17.1. The Bertz CT molecular complexity index is 428. The molecule has 0 aliphatic carbocycles. The van der Waals surface area contributed by atoms with Crippen LogP contribution in [0.2, 0.25) is 0 Å². The summed E-state index contributed by atoms with van der Waals surface area (Å²) >= 11 is 0. The van der Waals surface area contributed by atoms with Crippen LogP contribution in [0.4, 0.5) is 0 Å². The standard InChI is InChI=1S/C18H29NO3/c1-4-20-17-9-5-6-10-18(17)21-12-8-7-11-19-13-15(2)22-16(3)14-19/h5-6,9-10,15-16H,4,7-8,11-14H2,1-3H3/t15-,16-/m1/s1. The number of ether oxygens (including phenoxy) is 3. The van der Waals surface area contributed by atoms with Crippen molar-refractivity contribution in [3.8, 4) is 11.5 Å². The summed E-state index contributed by atoms with van der Waals surface area (Å²) in [5, 5.41) is 0. The maximum Gasteiger partial charge on any atom is 0.161 e. The molecule has 0 saturated carbocycles. The Morgan fingerprint density at radius 1 is 1.05 bits per heavy atom. The molecule has 0 N–H and O–H groups in total. The summed E-state index contributed by atoms with van der Waals surface area (Å²) in [5.41, 5.74) is 0. The van der Waals surface area contributed by atoms with E-state index < -0.39 is 0 Å². The van der Waals surface area contributed by atoms with E-state index in [1.807, 2.05) is 31.2 Å². The van der Waals surface area contributed by atoms with Crippen molar-refractivity contribution in [1.82, 2.24) is 4.90 Å². The van der Waals surface area contributed by atoms with Crippen LogP contribution in [-0.2, 0) is 4.74 Å². The van der Waals surface area contributed by atoms with Gasteiger partial charge in [0.2, 0.25) is 0 Å². The van der Waals surface area contributed by atoms with E-state index in [0.29, 0.717) is 18.8 Å². The molecule has 0 bridgehead atoms. The summed E-state index contributed by atoms with van der Waals surface area (Å²) in [4.78, 5) is 2.49. The molecule has 4 heteroatoms. The maximum absolute atomic E-state index is 5.85. The summed E-state index contributed by atoms with van der Waals surface area (Å²) in [5.74, 6) is 1.68. The maximum atomic E-state index is 5.85. The number of benzene rings is 1. The van der Waals surface area contributed by atoms with E-state index in [9.17, 15) is 0 Å². The topological polar surface area (TPSA) is 30.9 Å². The number of nitrogens with zero attached hydrogens (tertiary/aromatic N) is 1. The molecular formula is C18H29NO3. The third kappa shape index (κ3) is 5.50. The van der Waals surface area contributed by atoms with Gasteiger partial charge >= 0.3 is 0 Å². The molecule has 0 unspecified atom stereocenters. The minimum Gasteiger partial charge on any atom is -0.490 e. The third-order valence-electron chi connectivity index (χ3n) is 3.77. The fourth-order valence-electron chi connectivity index (χ4n) is 2.93. The normalized spacial score (nSPS) is 22.5. The van der Waals surface area contributed by atoms with E-state index in [1.165, 1.54) is 0 Å². The Morgan fingerprint density at radius 2 is 1.68 bits per heavy atom. The monoisotopic (exact) mass is 307 g/mol. The van der Waals surface area contributed by atoms with Gasteiger partial charge in [0, 0.05) is 13.1 Å². The first-order chi connectivity index (χ1) is 10.7. The first-order valence-electron chi connectivity index (χ1n) is 8.41. The quantitative estimate of drug-likeness (QED) is 0.689. The van der Waals surface area contributed by atoms with Crippen LogP contribution >= 0.6 is 0 Å². The van der Waals surface area contributed by atoms with Gasteiger partial charge < -0.3 is 14.2 Å². The third-order valence-corrected chi connectivity index (χ3v) is 3.77. The molecule has 0 aromatic heterocycles. The highest BCUT2D eigenvalue weighted by molar-refractivity contribution is 5.39. The van der Waals surface area contributed by atoms with Gasteiger partial charge in [0.25, 0.3) is 0 Å². The summed E-state index contributed by atoms with van der Waals surface area (Å²) in [7, 11) is 0. The lowest BCUT2D eigenvalue weighted by molar-refractivity contribution is -0.0682. The second-order valence-corrected chi connectivity index (χ2v) is 5.95. The lowest BCUT2D eigenvalue weighted by atomic mass is 10.2. The fraction of sp³-hybridized carbons (Fsp3) is 0.667. The molecular weight excluding hydrogens is 278 g/mol. The zero-order valence-corrected chi connectivity index (χ0v) is 14.1. The largest absolute Gasteiger partial charge is 0.490 e. The molecule has 124 valence electrons. The van der Waals surface area contributed by atoms with Gasteiger partial charge in [-0.3, -0.25) is 4.90 Å². The highest BCUT2D eigenvalue weighted by Crippen LogP contribution is 2.26. The molecule has 0 amide bonds. The summed E-state index contributed by atoms with van der Waals surface area (Å²) in [6.07, 6.45) is 2.90. The minimum absolute atomic E-state index is 0.345. The highest BCUT2D eigenvalue weighted by Gasteiger charge is 2.21. The number of hydrogen-bond donors (Lipinski definition) is 0. The lowest BCUT2D eigenvalue weighted by Crippen LogP contribution is -2.45. The van der Waals surface area contributed by atoms with Crippen LogP contribution in [0.15, 0.2) is 24.3 Å². The number of morpholine rings is 1. The van der Waals surface area contributed by atoms with E-state index in [4.69, 9.17) is 14.2 Å². The Balaban J connectivity index is 1.65. The van der Waals surface area contributed by atoms with Crippen molar-refractivity contribution in [2.24, 2.45) is 0 Å². The zero-order chi connectivity index (χ0) is 15.8. The Hall–Kier alpha value is -1.26. The summed E-state index contributed by atoms with van der Waals surface area (Å²) in [6.45, 7) is 10.9. The van der Waals surface area contributed by atoms with Crippen molar-refractivity contribution < 1.29 is 14.2 Å². The molecule has 0 radical (unpaired) electrons. The number of rotatable bonds is 8. The molecule has 1 fully saturated rings. The van der Waals surface area contributed by atoms with E-state index in [2.05, 4.69) is 18.7 Å². The van der Waals surface area contributed by atoms with Crippen molar-refractivity contribution in [1.29, 1.82) is 0 Å². The van der Waals surface area contributed by atoms with Gasteiger partial charge in [-0.15, -0.1) is 0 Å². The van der Waals surface area contributed by atoms with E-state index in [0.717, 1.165) is 50.6 Å². The lowest BCUT2D eigenvalue weighted by Gasteiger charge is -2.35. The molecule has 1 heterocycles. The van der Waals surface area contributed by atoms with Crippen molar-refractivity contribution in [2.75, 3.05) is 32.8 Å². The van der Waals surface area contributed by atoms with Crippen LogP contribution < -0.4 is 9.47 Å². The number of unbranched alkanes of at least 4 members (excludes halogenated alkanes) is 1. The Morgan fingerprint density at radius 3 is 2.32 bits per heavy atom. The molecule has 2 rings (SSSR count). The average Bonchev–Trinajstić information content (AvgIpc) is 2.48. The predicted molar refractivity (Wildman–Crippen MR) is 88.8 cm³/mol. The van der Waals surface area contributed by atoms with Crippen LogP contribution in [0.3, 0.4) is 0 Å². The second kappa shape index (κ2) is 9.01. The van der Waals surface area contributed by atoms with Crippen molar-refractivity contribution >= 4 is 0 Å². The van der Waals surface area contributed by atoms with E-state index in [-0.39, 0.29) is 0 Å². The molecule has 1 saturated heterocycles. The van der Waals surface area contributed by atoms with Crippen molar-refractivity contribution in [3.63, 3.8) is 0 Å².